The van der Waals surface area contributed by atoms with Crippen molar-refractivity contribution in [3.63, 3.8) is 0 Å². The Morgan fingerprint density at radius 3 is 2.92 bits per heavy atom. The fourth-order valence-corrected chi connectivity index (χ4v) is 2.71. The van der Waals surface area contributed by atoms with Gasteiger partial charge >= 0.3 is 0 Å². The molecule has 0 spiro atoms. The quantitative estimate of drug-likeness (QED) is 0.671. The van der Waals surface area contributed by atoms with Gasteiger partial charge in [-0.05, 0) is 31.8 Å². The van der Waals surface area contributed by atoms with Crippen LogP contribution >= 0.6 is 0 Å². The monoisotopic (exact) mass is 181 g/mol. The molecule has 3 unspecified atom stereocenters. The summed E-state index contributed by atoms with van der Waals surface area (Å²) in [5, 5.41) is 9.80. The minimum absolute atomic E-state index is 0.441. The molecule has 1 saturated heterocycles. The first-order valence-electron chi connectivity index (χ1n) is 5.35. The summed E-state index contributed by atoms with van der Waals surface area (Å²) < 4.78 is 0. The van der Waals surface area contributed by atoms with Gasteiger partial charge in [-0.1, -0.05) is 6.92 Å². The first-order valence-corrected chi connectivity index (χ1v) is 5.35. The minimum atomic E-state index is 0.441. The predicted octanol–water partition coefficient (Wildman–Crippen LogP) is 2.32. The lowest BCUT2D eigenvalue weighted by molar-refractivity contribution is 0.0879. The first-order chi connectivity index (χ1) is 6.22. The van der Waals surface area contributed by atoms with Crippen LogP contribution in [0.3, 0.4) is 0 Å². The molecular weight excluding hydrogens is 162 g/mol. The predicted molar refractivity (Wildman–Crippen MR) is 53.7 cm³/mol. The maximum atomic E-state index is 9.80. The average molecular weight is 181 g/mol. The lowest BCUT2D eigenvalue weighted by Crippen LogP contribution is -2.47. The van der Waals surface area contributed by atoms with Gasteiger partial charge < -0.3 is 5.11 Å². The van der Waals surface area contributed by atoms with Gasteiger partial charge in [-0.3, -0.25) is 4.90 Å². The molecule has 74 valence electrons. The van der Waals surface area contributed by atoms with Gasteiger partial charge in [-0.15, -0.1) is 0 Å². The number of hydrogen-bond donors (Lipinski definition) is 1. The van der Waals surface area contributed by atoms with E-state index in [1.165, 1.54) is 24.8 Å². The van der Waals surface area contributed by atoms with Crippen molar-refractivity contribution in [1.29, 1.82) is 0 Å². The Balaban J connectivity index is 2.17. The average Bonchev–Trinajstić information content (AvgIpc) is 2.15. The van der Waals surface area contributed by atoms with Gasteiger partial charge in [0, 0.05) is 25.0 Å². The fraction of sp³-hybridized carbons (Fsp3) is 0.818. The maximum absolute atomic E-state index is 9.80. The van der Waals surface area contributed by atoms with Gasteiger partial charge in [0.25, 0.3) is 0 Å². The molecule has 2 heterocycles. The summed E-state index contributed by atoms with van der Waals surface area (Å²) in [6.07, 6.45) is 3.69. The molecule has 0 saturated carbocycles. The highest BCUT2D eigenvalue weighted by Gasteiger charge is 2.33. The first kappa shape index (κ1) is 9.07. The highest BCUT2D eigenvalue weighted by molar-refractivity contribution is 5.16. The molecular formula is C11H19NO. The molecule has 0 aromatic rings. The molecule has 0 radical (unpaired) electrons. The molecule has 0 aliphatic carbocycles. The lowest BCUT2D eigenvalue weighted by Gasteiger charge is -2.43. The standard InChI is InChI=1S/C11H19NO/c1-3-10-5-4-9-7-12(10)6-8(2)11(9)13/h9-10,13H,3-7H2,1-2H3. The Morgan fingerprint density at radius 1 is 1.46 bits per heavy atom. The molecule has 3 atom stereocenters. The molecule has 2 heteroatoms. The lowest BCUT2D eigenvalue weighted by atomic mass is 9.85. The number of rotatable bonds is 1. The second-order valence-corrected chi connectivity index (χ2v) is 4.43. The summed E-state index contributed by atoms with van der Waals surface area (Å²) >= 11 is 0. The van der Waals surface area contributed by atoms with E-state index in [2.05, 4.69) is 18.7 Å². The molecule has 13 heavy (non-hydrogen) atoms. The van der Waals surface area contributed by atoms with Crippen LogP contribution in [-0.2, 0) is 0 Å². The van der Waals surface area contributed by atoms with E-state index in [0.717, 1.165) is 19.1 Å². The summed E-state index contributed by atoms with van der Waals surface area (Å²) in [6, 6.07) is 0.763. The van der Waals surface area contributed by atoms with Gasteiger partial charge in [0.05, 0.1) is 5.76 Å². The number of nitrogens with zero attached hydrogens (tertiary/aromatic N) is 1. The van der Waals surface area contributed by atoms with Crippen LogP contribution < -0.4 is 0 Å². The highest BCUT2D eigenvalue weighted by Crippen LogP contribution is 2.33. The van der Waals surface area contributed by atoms with Crippen molar-refractivity contribution < 1.29 is 5.11 Å². The Bertz CT molecular complexity index is 234. The van der Waals surface area contributed by atoms with E-state index >= 15 is 0 Å². The summed E-state index contributed by atoms with van der Waals surface area (Å²) in [4.78, 5) is 2.53. The van der Waals surface area contributed by atoms with Crippen molar-refractivity contribution in [2.45, 2.75) is 39.2 Å². The van der Waals surface area contributed by atoms with Crippen LogP contribution in [0.15, 0.2) is 11.3 Å². The van der Waals surface area contributed by atoms with Crippen LogP contribution in [0.1, 0.15) is 33.1 Å². The topological polar surface area (TPSA) is 23.5 Å². The van der Waals surface area contributed by atoms with Crippen LogP contribution in [-0.4, -0.2) is 29.1 Å². The smallest absolute Gasteiger partial charge is 0.0968 e. The molecule has 2 rings (SSSR count). The number of aliphatic hydroxyl groups is 1. The summed E-state index contributed by atoms with van der Waals surface area (Å²) in [7, 11) is 0. The van der Waals surface area contributed by atoms with E-state index in [0.29, 0.717) is 11.7 Å². The number of fused-ring (bicyclic) bond motifs is 2. The minimum Gasteiger partial charge on any atom is -0.512 e. The third-order valence-electron chi connectivity index (χ3n) is 3.56. The zero-order chi connectivity index (χ0) is 9.42. The van der Waals surface area contributed by atoms with E-state index in [9.17, 15) is 5.11 Å². The number of piperidine rings is 1. The van der Waals surface area contributed by atoms with E-state index in [4.69, 9.17) is 0 Å². The van der Waals surface area contributed by atoms with Crippen molar-refractivity contribution in [2.24, 2.45) is 5.92 Å². The van der Waals surface area contributed by atoms with Crippen molar-refractivity contribution in [2.75, 3.05) is 13.1 Å². The Kier molecular flexibility index (Phi) is 2.33. The number of aliphatic hydroxyl groups excluding tert-OH is 1. The van der Waals surface area contributed by atoms with Gasteiger partial charge in [0.1, 0.15) is 0 Å². The molecule has 1 N–H and O–H groups in total. The van der Waals surface area contributed by atoms with Gasteiger partial charge in [-0.25, -0.2) is 0 Å². The zero-order valence-electron chi connectivity index (χ0n) is 8.58. The molecule has 0 aromatic carbocycles. The van der Waals surface area contributed by atoms with Gasteiger partial charge in [0.2, 0.25) is 0 Å². The molecule has 0 amide bonds. The van der Waals surface area contributed by atoms with E-state index in [1.54, 1.807) is 0 Å². The summed E-state index contributed by atoms with van der Waals surface area (Å²) in [6.45, 7) is 6.40. The van der Waals surface area contributed by atoms with E-state index in [-0.39, 0.29) is 0 Å². The van der Waals surface area contributed by atoms with Crippen LogP contribution in [0, 0.1) is 5.92 Å². The third kappa shape index (κ3) is 1.48. The van der Waals surface area contributed by atoms with Crippen molar-refractivity contribution in [3.8, 4) is 0 Å². The van der Waals surface area contributed by atoms with Crippen molar-refractivity contribution in [3.05, 3.63) is 11.3 Å². The van der Waals surface area contributed by atoms with Crippen LogP contribution in [0.2, 0.25) is 0 Å². The SMILES string of the molecule is CCC1CCC2CN1CC(C)=C2O. The van der Waals surface area contributed by atoms with Crippen LogP contribution in [0.25, 0.3) is 0 Å². The molecule has 2 aliphatic heterocycles. The normalized spacial score (nSPS) is 39.4. The maximum Gasteiger partial charge on any atom is 0.0968 e. The molecule has 2 nitrogen and oxygen atoms in total. The summed E-state index contributed by atoms with van der Waals surface area (Å²) in [5.74, 6) is 1.13. The van der Waals surface area contributed by atoms with Gasteiger partial charge in [-0.2, -0.15) is 0 Å². The Hall–Kier alpha value is -0.500. The van der Waals surface area contributed by atoms with E-state index < -0.39 is 0 Å². The largest absolute Gasteiger partial charge is 0.512 e. The highest BCUT2D eigenvalue weighted by atomic mass is 16.3. The van der Waals surface area contributed by atoms with Crippen LogP contribution in [0.4, 0.5) is 0 Å². The fourth-order valence-electron chi connectivity index (χ4n) is 2.71. The van der Waals surface area contributed by atoms with E-state index in [1.807, 2.05) is 0 Å². The Morgan fingerprint density at radius 2 is 2.23 bits per heavy atom. The zero-order valence-corrected chi connectivity index (χ0v) is 8.58. The van der Waals surface area contributed by atoms with Crippen molar-refractivity contribution in [1.82, 2.24) is 4.90 Å². The second-order valence-electron chi connectivity index (χ2n) is 4.43. The summed E-state index contributed by atoms with van der Waals surface area (Å²) in [5.41, 5.74) is 1.19. The van der Waals surface area contributed by atoms with Gasteiger partial charge in [0.15, 0.2) is 0 Å². The van der Waals surface area contributed by atoms with Crippen molar-refractivity contribution >= 4 is 0 Å². The molecule has 2 bridgehead atoms. The second kappa shape index (κ2) is 3.33. The third-order valence-corrected chi connectivity index (χ3v) is 3.56. The molecule has 1 fully saturated rings. The molecule has 0 aromatic heterocycles. The van der Waals surface area contributed by atoms with Crippen LogP contribution in [0.5, 0.6) is 0 Å². The Labute approximate surface area is 80.2 Å². The number of hydrogen-bond acceptors (Lipinski definition) is 2. The molecule has 2 aliphatic rings.